The van der Waals surface area contributed by atoms with Gasteiger partial charge in [-0.3, -0.25) is 9.79 Å². The van der Waals surface area contributed by atoms with Gasteiger partial charge in [0.05, 0.1) is 6.54 Å². The molecule has 3 rings (SSSR count). The molecule has 2 aromatic rings. The Morgan fingerprint density at radius 2 is 1.73 bits per heavy atom. The van der Waals surface area contributed by atoms with Crippen molar-refractivity contribution in [3.05, 3.63) is 64.4 Å². The minimum Gasteiger partial charge on any atom is -0.322 e. The second-order valence-corrected chi connectivity index (χ2v) is 7.02. The molecule has 0 aromatic heterocycles. The quantitative estimate of drug-likeness (QED) is 0.512. The van der Waals surface area contributed by atoms with E-state index in [1.165, 1.54) is 24.3 Å². The zero-order valence-electron chi connectivity index (χ0n) is 14.3. The van der Waals surface area contributed by atoms with Crippen LogP contribution in [0.1, 0.15) is 36.0 Å². The molecular formula is C20H21Br2FN2O. The van der Waals surface area contributed by atoms with E-state index >= 15 is 0 Å². The highest BCUT2D eigenvalue weighted by Crippen LogP contribution is 2.22. The average Bonchev–Trinajstić information content (AvgIpc) is 2.90. The van der Waals surface area contributed by atoms with Crippen LogP contribution in [0.15, 0.2) is 58.0 Å². The number of aliphatic imine (C=N–C) groups is 1. The fourth-order valence-electron chi connectivity index (χ4n) is 2.90. The molecule has 1 aliphatic heterocycles. The molecule has 0 amide bonds. The number of rotatable bonds is 4. The molecule has 0 spiro atoms. The molecule has 26 heavy (non-hydrogen) atoms. The molecule has 0 saturated carbocycles. The fourth-order valence-corrected chi connectivity index (χ4v) is 3.17. The van der Waals surface area contributed by atoms with E-state index in [0.717, 1.165) is 48.2 Å². The van der Waals surface area contributed by atoms with Crippen LogP contribution >= 0.6 is 32.9 Å². The Hall–Kier alpha value is -1.53. The van der Waals surface area contributed by atoms with Gasteiger partial charge in [0.2, 0.25) is 0 Å². The summed E-state index contributed by atoms with van der Waals surface area (Å²) >= 11 is 3.45. The third-order valence-electron chi connectivity index (χ3n) is 4.27. The van der Waals surface area contributed by atoms with Crippen LogP contribution in [0, 0.1) is 5.82 Å². The predicted octanol–water partition coefficient (Wildman–Crippen LogP) is 5.83. The number of carbonyl (C=O) groups is 1. The molecule has 6 heteroatoms. The van der Waals surface area contributed by atoms with E-state index in [-0.39, 0.29) is 35.1 Å². The standard InChI is InChI=1S/C20H20BrFN2O.BrH/c21-16-7-11-18(12-8-16)24(20-4-2-1-3-13-23-20)14-19(25)15-5-9-17(22)10-6-15;/h5-12H,1-4,13-14H2;1H. The number of amidine groups is 1. The summed E-state index contributed by atoms with van der Waals surface area (Å²) in [6.45, 7) is 0.999. The molecular weight excluding hydrogens is 463 g/mol. The van der Waals surface area contributed by atoms with Crippen molar-refractivity contribution in [3.8, 4) is 0 Å². The van der Waals surface area contributed by atoms with E-state index in [2.05, 4.69) is 15.9 Å². The molecule has 2 aromatic carbocycles. The Bertz CT molecular complexity index is 760. The van der Waals surface area contributed by atoms with Crippen LogP contribution in [-0.2, 0) is 0 Å². The lowest BCUT2D eigenvalue weighted by molar-refractivity contribution is 0.100. The van der Waals surface area contributed by atoms with Gasteiger partial charge in [0.1, 0.15) is 11.7 Å². The maximum Gasteiger partial charge on any atom is 0.182 e. The van der Waals surface area contributed by atoms with Crippen molar-refractivity contribution in [2.24, 2.45) is 4.99 Å². The van der Waals surface area contributed by atoms with Gasteiger partial charge in [-0.25, -0.2) is 4.39 Å². The molecule has 0 bridgehead atoms. The molecule has 3 nitrogen and oxygen atoms in total. The van der Waals surface area contributed by atoms with Crippen LogP contribution in [0.5, 0.6) is 0 Å². The van der Waals surface area contributed by atoms with Gasteiger partial charge in [-0.2, -0.15) is 0 Å². The van der Waals surface area contributed by atoms with E-state index < -0.39 is 0 Å². The largest absolute Gasteiger partial charge is 0.322 e. The van der Waals surface area contributed by atoms with Crippen molar-refractivity contribution in [2.75, 3.05) is 18.0 Å². The number of nitrogens with zero attached hydrogens (tertiary/aromatic N) is 2. The molecule has 1 aliphatic rings. The van der Waals surface area contributed by atoms with Gasteiger partial charge in [-0.05, 0) is 61.4 Å². The Morgan fingerprint density at radius 3 is 2.42 bits per heavy atom. The van der Waals surface area contributed by atoms with E-state index in [9.17, 15) is 9.18 Å². The first kappa shape index (κ1) is 20.8. The number of Topliss-reactive ketones (excluding diaryl/α,β-unsaturated/α-hetero) is 1. The SMILES string of the molecule is Br.O=C(CN(C1=NCCCCC1)c1ccc(Br)cc1)c1ccc(F)cc1. The Morgan fingerprint density at radius 1 is 1.04 bits per heavy atom. The lowest BCUT2D eigenvalue weighted by atomic mass is 10.1. The van der Waals surface area contributed by atoms with Gasteiger partial charge >= 0.3 is 0 Å². The number of benzene rings is 2. The average molecular weight is 484 g/mol. The van der Waals surface area contributed by atoms with Crippen LogP contribution < -0.4 is 4.90 Å². The van der Waals surface area contributed by atoms with E-state index in [4.69, 9.17) is 4.99 Å². The lowest BCUT2D eigenvalue weighted by Gasteiger charge is -2.25. The molecule has 0 radical (unpaired) electrons. The maximum atomic E-state index is 13.1. The van der Waals surface area contributed by atoms with Crippen LogP contribution in [0.2, 0.25) is 0 Å². The first-order chi connectivity index (χ1) is 12.1. The molecule has 0 atom stereocenters. The summed E-state index contributed by atoms with van der Waals surface area (Å²) in [6.07, 6.45) is 4.19. The van der Waals surface area contributed by atoms with Gasteiger partial charge < -0.3 is 4.90 Å². The van der Waals surface area contributed by atoms with Crippen LogP contribution in [0.25, 0.3) is 0 Å². The second kappa shape index (κ2) is 9.97. The highest BCUT2D eigenvalue weighted by Gasteiger charge is 2.19. The molecule has 0 unspecified atom stereocenters. The summed E-state index contributed by atoms with van der Waals surface area (Å²) in [4.78, 5) is 19.4. The van der Waals surface area contributed by atoms with Crippen molar-refractivity contribution in [1.82, 2.24) is 0 Å². The molecule has 1 heterocycles. The minimum atomic E-state index is -0.338. The number of carbonyl (C=O) groups excluding carboxylic acids is 1. The highest BCUT2D eigenvalue weighted by atomic mass is 79.9. The van der Waals surface area contributed by atoms with Crippen LogP contribution in [-0.4, -0.2) is 24.7 Å². The summed E-state index contributed by atoms with van der Waals surface area (Å²) in [7, 11) is 0. The molecule has 0 saturated heterocycles. The molecule has 138 valence electrons. The smallest absolute Gasteiger partial charge is 0.182 e. The van der Waals surface area contributed by atoms with Crippen molar-refractivity contribution in [3.63, 3.8) is 0 Å². The monoisotopic (exact) mass is 482 g/mol. The number of halogens is 3. The first-order valence-corrected chi connectivity index (χ1v) is 9.28. The van der Waals surface area contributed by atoms with Crippen LogP contribution in [0.3, 0.4) is 0 Å². The third-order valence-corrected chi connectivity index (χ3v) is 4.80. The summed E-state index contributed by atoms with van der Waals surface area (Å²) in [6, 6.07) is 13.6. The van der Waals surface area contributed by atoms with Crippen LogP contribution in [0.4, 0.5) is 10.1 Å². The number of hydrogen-bond acceptors (Lipinski definition) is 3. The summed E-state index contributed by atoms with van der Waals surface area (Å²) in [5.74, 6) is 0.569. The summed E-state index contributed by atoms with van der Waals surface area (Å²) in [5, 5.41) is 0. The van der Waals surface area contributed by atoms with E-state index in [1.807, 2.05) is 29.2 Å². The van der Waals surface area contributed by atoms with Gasteiger partial charge in [-0.15, -0.1) is 17.0 Å². The fraction of sp³-hybridized carbons (Fsp3) is 0.300. The van der Waals surface area contributed by atoms with Crippen molar-refractivity contribution >= 4 is 50.2 Å². The van der Waals surface area contributed by atoms with E-state index in [0.29, 0.717) is 5.56 Å². The van der Waals surface area contributed by atoms with Crippen molar-refractivity contribution < 1.29 is 9.18 Å². The Labute approximate surface area is 172 Å². The van der Waals surface area contributed by atoms with E-state index in [1.54, 1.807) is 0 Å². The number of hydrogen-bond donors (Lipinski definition) is 0. The molecule has 0 N–H and O–H groups in total. The topological polar surface area (TPSA) is 32.7 Å². The zero-order valence-corrected chi connectivity index (χ0v) is 17.6. The second-order valence-electron chi connectivity index (χ2n) is 6.10. The maximum absolute atomic E-state index is 13.1. The summed E-state index contributed by atoms with van der Waals surface area (Å²) in [5.41, 5.74) is 1.46. The van der Waals surface area contributed by atoms with Gasteiger partial charge in [-0.1, -0.05) is 22.4 Å². The minimum absolute atomic E-state index is 0. The Balaban J connectivity index is 0.00000243. The summed E-state index contributed by atoms with van der Waals surface area (Å²) < 4.78 is 14.1. The van der Waals surface area contributed by atoms with Gasteiger partial charge in [0, 0.05) is 28.7 Å². The Kier molecular flexibility index (Phi) is 7.97. The van der Waals surface area contributed by atoms with Gasteiger partial charge in [0.15, 0.2) is 5.78 Å². The highest BCUT2D eigenvalue weighted by molar-refractivity contribution is 9.10. The van der Waals surface area contributed by atoms with Gasteiger partial charge in [0.25, 0.3) is 0 Å². The number of ketones is 1. The first-order valence-electron chi connectivity index (χ1n) is 8.49. The van der Waals surface area contributed by atoms with Crippen molar-refractivity contribution in [2.45, 2.75) is 25.7 Å². The zero-order chi connectivity index (χ0) is 17.6. The predicted molar refractivity (Wildman–Crippen MR) is 113 cm³/mol. The lowest BCUT2D eigenvalue weighted by Crippen LogP contribution is -2.36. The van der Waals surface area contributed by atoms with Crippen molar-refractivity contribution in [1.29, 1.82) is 0 Å². The number of anilines is 1. The molecule has 0 fully saturated rings. The third kappa shape index (κ3) is 5.48. The normalized spacial score (nSPS) is 14.0. The molecule has 0 aliphatic carbocycles.